The molecular formula is C12H18Cl3NO. The first-order valence-electron chi connectivity index (χ1n) is 5.12. The van der Waals surface area contributed by atoms with E-state index in [1.165, 1.54) is 0 Å². The molecule has 5 heteroatoms. The molecule has 1 aromatic rings. The number of rotatable bonds is 2. The van der Waals surface area contributed by atoms with Gasteiger partial charge in [-0.1, -0.05) is 50.0 Å². The van der Waals surface area contributed by atoms with Crippen molar-refractivity contribution >= 4 is 35.6 Å². The molecule has 0 unspecified atom stereocenters. The van der Waals surface area contributed by atoms with Crippen molar-refractivity contribution in [3.05, 3.63) is 33.8 Å². The summed E-state index contributed by atoms with van der Waals surface area (Å²) >= 11 is 11.7. The van der Waals surface area contributed by atoms with Gasteiger partial charge in [-0.3, -0.25) is 0 Å². The summed E-state index contributed by atoms with van der Waals surface area (Å²) in [5, 5.41) is 11.0. The van der Waals surface area contributed by atoms with Gasteiger partial charge in [0, 0.05) is 0 Å². The van der Waals surface area contributed by atoms with E-state index >= 15 is 0 Å². The predicted molar refractivity (Wildman–Crippen MR) is 76.1 cm³/mol. The van der Waals surface area contributed by atoms with Gasteiger partial charge >= 0.3 is 0 Å². The van der Waals surface area contributed by atoms with Gasteiger partial charge in [-0.05, 0) is 23.1 Å². The van der Waals surface area contributed by atoms with E-state index < -0.39 is 12.1 Å². The molecule has 0 aromatic heterocycles. The standard InChI is InChI=1S/C12H17Cl2NO.ClH/c1-12(2,3)11(16)10(15)7-4-5-8(13)9(14)6-7;/h4-6,10-11,16H,15H2,1-3H3;1H/t10-,11-;/m0./s1. The van der Waals surface area contributed by atoms with Gasteiger partial charge in [0.05, 0.1) is 22.2 Å². The Morgan fingerprint density at radius 3 is 2.12 bits per heavy atom. The molecule has 0 radical (unpaired) electrons. The highest BCUT2D eigenvalue weighted by atomic mass is 35.5. The summed E-state index contributed by atoms with van der Waals surface area (Å²) in [4.78, 5) is 0. The largest absolute Gasteiger partial charge is 0.391 e. The highest BCUT2D eigenvalue weighted by Crippen LogP contribution is 2.31. The summed E-state index contributed by atoms with van der Waals surface area (Å²) in [5.41, 5.74) is 6.51. The summed E-state index contributed by atoms with van der Waals surface area (Å²) in [6.07, 6.45) is -0.634. The van der Waals surface area contributed by atoms with Gasteiger partial charge in [0.25, 0.3) is 0 Å². The van der Waals surface area contributed by atoms with Gasteiger partial charge in [0.1, 0.15) is 0 Å². The van der Waals surface area contributed by atoms with Crippen molar-refractivity contribution in [1.29, 1.82) is 0 Å². The maximum atomic E-state index is 10.1. The third-order valence-electron chi connectivity index (χ3n) is 2.56. The Bertz CT molecular complexity index is 377. The lowest BCUT2D eigenvalue weighted by molar-refractivity contribution is 0.0401. The van der Waals surface area contributed by atoms with E-state index in [0.29, 0.717) is 10.0 Å². The number of halogens is 3. The molecule has 0 bridgehead atoms. The number of aliphatic hydroxyl groups is 1. The van der Waals surface area contributed by atoms with E-state index in [-0.39, 0.29) is 17.8 Å². The molecule has 2 atom stereocenters. The minimum Gasteiger partial charge on any atom is -0.391 e. The van der Waals surface area contributed by atoms with Crippen molar-refractivity contribution in [3.63, 3.8) is 0 Å². The third kappa shape index (κ3) is 4.31. The first-order chi connectivity index (χ1) is 7.23. The van der Waals surface area contributed by atoms with Crippen LogP contribution in [0.25, 0.3) is 0 Å². The summed E-state index contributed by atoms with van der Waals surface area (Å²) in [5.74, 6) is 0. The summed E-state index contributed by atoms with van der Waals surface area (Å²) in [6, 6.07) is 4.71. The molecule has 0 spiro atoms. The monoisotopic (exact) mass is 297 g/mol. The van der Waals surface area contributed by atoms with Crippen LogP contribution < -0.4 is 5.73 Å². The highest BCUT2D eigenvalue weighted by Gasteiger charge is 2.29. The Balaban J connectivity index is 0.00000256. The molecule has 0 amide bonds. The maximum Gasteiger partial charge on any atom is 0.0780 e. The second kappa shape index (κ2) is 6.26. The van der Waals surface area contributed by atoms with Gasteiger partial charge in [-0.15, -0.1) is 12.4 Å². The van der Waals surface area contributed by atoms with Crippen LogP contribution in [-0.4, -0.2) is 11.2 Å². The van der Waals surface area contributed by atoms with Crippen molar-refractivity contribution in [3.8, 4) is 0 Å². The number of benzene rings is 1. The summed E-state index contributed by atoms with van der Waals surface area (Å²) in [6.45, 7) is 5.82. The van der Waals surface area contributed by atoms with E-state index in [0.717, 1.165) is 5.56 Å². The molecule has 3 N–H and O–H groups in total. The second-order valence-corrected chi connectivity index (χ2v) is 5.82. The zero-order valence-electron chi connectivity index (χ0n) is 10.1. The summed E-state index contributed by atoms with van der Waals surface area (Å²) < 4.78 is 0. The van der Waals surface area contributed by atoms with Gasteiger partial charge in [-0.25, -0.2) is 0 Å². The van der Waals surface area contributed by atoms with Crippen LogP contribution in [0, 0.1) is 5.41 Å². The number of hydrogen-bond acceptors (Lipinski definition) is 2. The fourth-order valence-electron chi connectivity index (χ4n) is 1.44. The molecule has 0 saturated heterocycles. The Labute approximate surface area is 119 Å². The van der Waals surface area contributed by atoms with Crippen LogP contribution in [0.4, 0.5) is 0 Å². The molecule has 0 heterocycles. The first kappa shape index (κ1) is 17.0. The molecular weight excluding hydrogens is 280 g/mol. The van der Waals surface area contributed by atoms with Crippen LogP contribution in [-0.2, 0) is 0 Å². The van der Waals surface area contributed by atoms with Gasteiger partial charge in [0.15, 0.2) is 0 Å². The highest BCUT2D eigenvalue weighted by molar-refractivity contribution is 6.42. The normalized spacial score (nSPS) is 15.0. The molecule has 17 heavy (non-hydrogen) atoms. The van der Waals surface area contributed by atoms with Crippen molar-refractivity contribution in [2.24, 2.45) is 11.1 Å². The smallest absolute Gasteiger partial charge is 0.0780 e. The molecule has 0 aliphatic heterocycles. The zero-order chi connectivity index (χ0) is 12.5. The minimum atomic E-state index is -0.634. The number of nitrogens with two attached hydrogens (primary N) is 1. The van der Waals surface area contributed by atoms with E-state index in [1.807, 2.05) is 20.8 Å². The lowest BCUT2D eigenvalue weighted by Crippen LogP contribution is -2.36. The molecule has 0 aliphatic rings. The minimum absolute atomic E-state index is 0. The third-order valence-corrected chi connectivity index (χ3v) is 3.30. The van der Waals surface area contributed by atoms with Gasteiger partial charge in [-0.2, -0.15) is 0 Å². The molecule has 1 rings (SSSR count). The van der Waals surface area contributed by atoms with E-state index in [9.17, 15) is 5.11 Å². The predicted octanol–water partition coefficient (Wildman–Crippen LogP) is 3.82. The number of aliphatic hydroxyl groups excluding tert-OH is 1. The fraction of sp³-hybridized carbons (Fsp3) is 0.500. The van der Waals surface area contributed by atoms with E-state index in [1.54, 1.807) is 18.2 Å². The lowest BCUT2D eigenvalue weighted by atomic mass is 9.82. The van der Waals surface area contributed by atoms with Crippen LogP contribution in [0.2, 0.25) is 10.0 Å². The topological polar surface area (TPSA) is 46.2 Å². The Kier molecular flexibility index (Phi) is 6.26. The molecule has 0 saturated carbocycles. The maximum absolute atomic E-state index is 10.1. The van der Waals surface area contributed by atoms with Gasteiger partial charge < -0.3 is 10.8 Å². The Hall–Kier alpha value is 0.01000. The van der Waals surface area contributed by atoms with Gasteiger partial charge in [0.2, 0.25) is 0 Å². The van der Waals surface area contributed by atoms with Crippen LogP contribution >= 0.6 is 35.6 Å². The molecule has 1 aromatic carbocycles. The molecule has 0 fully saturated rings. The summed E-state index contributed by atoms with van der Waals surface area (Å²) in [7, 11) is 0. The van der Waals surface area contributed by atoms with Crippen LogP contribution in [0.5, 0.6) is 0 Å². The van der Waals surface area contributed by atoms with Crippen LogP contribution in [0.15, 0.2) is 18.2 Å². The van der Waals surface area contributed by atoms with Crippen LogP contribution in [0.3, 0.4) is 0 Å². The fourth-order valence-corrected chi connectivity index (χ4v) is 1.75. The van der Waals surface area contributed by atoms with Crippen molar-refractivity contribution in [2.75, 3.05) is 0 Å². The average molecular weight is 299 g/mol. The molecule has 2 nitrogen and oxygen atoms in total. The quantitative estimate of drug-likeness (QED) is 0.872. The van der Waals surface area contributed by atoms with Crippen molar-refractivity contribution in [2.45, 2.75) is 32.9 Å². The zero-order valence-corrected chi connectivity index (χ0v) is 12.4. The Morgan fingerprint density at radius 2 is 1.71 bits per heavy atom. The van der Waals surface area contributed by atoms with E-state index in [2.05, 4.69) is 0 Å². The molecule has 0 aliphatic carbocycles. The van der Waals surface area contributed by atoms with E-state index in [4.69, 9.17) is 28.9 Å². The first-order valence-corrected chi connectivity index (χ1v) is 5.87. The SMILES string of the molecule is CC(C)(C)[C@@H](O)[C@@H](N)c1ccc(Cl)c(Cl)c1.Cl. The molecule has 98 valence electrons. The Morgan fingerprint density at radius 1 is 1.18 bits per heavy atom. The number of hydrogen-bond donors (Lipinski definition) is 2. The van der Waals surface area contributed by atoms with Crippen LogP contribution in [0.1, 0.15) is 32.4 Å². The lowest BCUT2D eigenvalue weighted by Gasteiger charge is -2.31. The average Bonchev–Trinajstić information content (AvgIpc) is 2.18. The van der Waals surface area contributed by atoms with Crippen molar-refractivity contribution < 1.29 is 5.11 Å². The van der Waals surface area contributed by atoms with Crippen molar-refractivity contribution in [1.82, 2.24) is 0 Å². The second-order valence-electron chi connectivity index (χ2n) is 5.01.